The standard InChI is InChI=1S/C8H14O6.C2H2O6/c1-5(2)11-7(9)13-14-8(10)12-6(3)4;3-1(4)7-8-2(5)6/h5-6H,1-4H3;(H,3,4)(H,5,6). The fourth-order valence-corrected chi connectivity index (χ4v) is 0.564. The molecule has 0 aliphatic heterocycles. The van der Waals surface area contributed by atoms with Crippen LogP contribution in [0.1, 0.15) is 27.7 Å². The molecular weight excluding hydrogens is 312 g/mol. The van der Waals surface area contributed by atoms with Crippen molar-refractivity contribution in [2.45, 2.75) is 39.9 Å². The number of hydrogen-bond acceptors (Lipinski definition) is 10. The van der Waals surface area contributed by atoms with E-state index in [4.69, 9.17) is 10.2 Å². The van der Waals surface area contributed by atoms with Gasteiger partial charge in [-0.05, 0) is 27.7 Å². The first kappa shape index (κ1) is 21.4. The van der Waals surface area contributed by atoms with Gasteiger partial charge in [0.1, 0.15) is 0 Å². The summed E-state index contributed by atoms with van der Waals surface area (Å²) >= 11 is 0. The fourth-order valence-electron chi connectivity index (χ4n) is 0.564. The van der Waals surface area contributed by atoms with Gasteiger partial charge in [-0.25, -0.2) is 19.4 Å². The van der Waals surface area contributed by atoms with E-state index in [-0.39, 0.29) is 12.2 Å². The quantitative estimate of drug-likeness (QED) is 0.432. The summed E-state index contributed by atoms with van der Waals surface area (Å²) in [6.07, 6.45) is -6.44. The van der Waals surface area contributed by atoms with Crippen molar-refractivity contribution in [3.63, 3.8) is 0 Å². The molecule has 0 aromatic heterocycles. The van der Waals surface area contributed by atoms with E-state index < -0.39 is 24.6 Å². The van der Waals surface area contributed by atoms with Crippen molar-refractivity contribution in [2.24, 2.45) is 0 Å². The molecule has 0 aliphatic rings. The van der Waals surface area contributed by atoms with Gasteiger partial charge in [0.2, 0.25) is 0 Å². The maximum Gasteiger partial charge on any atom is 0.550 e. The van der Waals surface area contributed by atoms with Crippen LogP contribution in [0.4, 0.5) is 19.2 Å². The molecule has 0 atom stereocenters. The molecule has 0 rings (SSSR count). The second kappa shape index (κ2) is 11.9. The molecule has 12 nitrogen and oxygen atoms in total. The predicted octanol–water partition coefficient (Wildman–Crippen LogP) is 2.32. The molecule has 0 fully saturated rings. The molecule has 0 unspecified atom stereocenters. The van der Waals surface area contributed by atoms with Crippen molar-refractivity contribution in [3.05, 3.63) is 0 Å². The Bertz CT molecular complexity index is 338. The van der Waals surface area contributed by atoms with Crippen molar-refractivity contribution in [3.8, 4) is 0 Å². The van der Waals surface area contributed by atoms with Gasteiger partial charge in [-0.1, -0.05) is 0 Å². The molecule has 12 heteroatoms. The number of carbonyl (C=O) groups is 4. The van der Waals surface area contributed by atoms with Crippen LogP contribution in [0.5, 0.6) is 0 Å². The van der Waals surface area contributed by atoms with Crippen LogP contribution in [-0.4, -0.2) is 47.0 Å². The third-order valence-electron chi connectivity index (χ3n) is 1.03. The lowest BCUT2D eigenvalue weighted by atomic mass is 10.5. The highest BCUT2D eigenvalue weighted by Crippen LogP contribution is 1.97. The molecular formula is C10H16O12. The van der Waals surface area contributed by atoms with Gasteiger partial charge in [0.05, 0.1) is 12.2 Å². The highest BCUT2D eigenvalue weighted by Gasteiger charge is 2.14. The smallest absolute Gasteiger partial charge is 0.447 e. The summed E-state index contributed by atoms with van der Waals surface area (Å²) in [4.78, 5) is 54.1. The van der Waals surface area contributed by atoms with E-state index in [0.717, 1.165) is 0 Å². The van der Waals surface area contributed by atoms with Gasteiger partial charge in [-0.15, -0.1) is 0 Å². The third-order valence-corrected chi connectivity index (χ3v) is 1.03. The number of ether oxygens (including phenoxy) is 2. The Morgan fingerprint density at radius 1 is 0.636 bits per heavy atom. The van der Waals surface area contributed by atoms with Gasteiger partial charge >= 0.3 is 24.6 Å². The first-order valence-corrected chi connectivity index (χ1v) is 5.60. The average Bonchev–Trinajstić information content (AvgIpc) is 2.33. The zero-order valence-electron chi connectivity index (χ0n) is 12.1. The molecule has 0 spiro atoms. The highest BCUT2D eigenvalue weighted by atomic mass is 17.3. The van der Waals surface area contributed by atoms with Crippen LogP contribution in [0.25, 0.3) is 0 Å². The Kier molecular flexibility index (Phi) is 11.5. The molecule has 0 saturated carbocycles. The molecule has 0 bridgehead atoms. The van der Waals surface area contributed by atoms with Crippen molar-refractivity contribution in [1.29, 1.82) is 0 Å². The summed E-state index contributed by atoms with van der Waals surface area (Å²) in [5.41, 5.74) is 0. The van der Waals surface area contributed by atoms with Crippen LogP contribution in [0, 0.1) is 0 Å². The molecule has 0 aliphatic carbocycles. The lowest BCUT2D eigenvalue weighted by Gasteiger charge is -2.08. The van der Waals surface area contributed by atoms with Crippen molar-refractivity contribution in [1.82, 2.24) is 0 Å². The van der Waals surface area contributed by atoms with Crippen molar-refractivity contribution < 1.29 is 58.4 Å². The van der Waals surface area contributed by atoms with Gasteiger partial charge in [0.25, 0.3) is 0 Å². The zero-order chi connectivity index (χ0) is 17.7. The van der Waals surface area contributed by atoms with Crippen LogP contribution in [0.15, 0.2) is 0 Å². The predicted molar refractivity (Wildman–Crippen MR) is 63.6 cm³/mol. The lowest BCUT2D eigenvalue weighted by Crippen LogP contribution is -2.18. The minimum absolute atomic E-state index is 0.341. The minimum Gasteiger partial charge on any atom is -0.447 e. The van der Waals surface area contributed by atoms with Gasteiger partial charge in [-0.3, -0.25) is 0 Å². The molecule has 0 aromatic rings. The minimum atomic E-state index is -1.80. The Morgan fingerprint density at radius 3 is 1.09 bits per heavy atom. The van der Waals surface area contributed by atoms with Crippen LogP contribution in [0.3, 0.4) is 0 Å². The first-order chi connectivity index (χ1) is 10.0. The maximum absolute atomic E-state index is 10.7. The molecule has 0 radical (unpaired) electrons. The Morgan fingerprint density at radius 2 is 0.909 bits per heavy atom. The Hall–Kier alpha value is -2.92. The van der Waals surface area contributed by atoms with E-state index in [9.17, 15) is 19.2 Å². The van der Waals surface area contributed by atoms with Crippen LogP contribution < -0.4 is 0 Å². The maximum atomic E-state index is 10.7. The van der Waals surface area contributed by atoms with E-state index in [1.54, 1.807) is 27.7 Å². The normalized spacial score (nSPS) is 9.00. The third kappa shape index (κ3) is 19.4. The fraction of sp³-hybridized carbons (Fsp3) is 0.600. The summed E-state index contributed by atoms with van der Waals surface area (Å²) < 4.78 is 9.02. The molecule has 0 heterocycles. The summed E-state index contributed by atoms with van der Waals surface area (Å²) in [5.74, 6) is 0. The van der Waals surface area contributed by atoms with Gasteiger partial charge in [-0.2, -0.15) is 19.4 Å². The number of carbonyl (C=O) groups excluding carboxylic acids is 2. The van der Waals surface area contributed by atoms with Crippen LogP contribution >= 0.6 is 0 Å². The van der Waals surface area contributed by atoms with Crippen molar-refractivity contribution >= 4 is 24.6 Å². The second-order valence-corrected chi connectivity index (χ2v) is 3.70. The summed E-state index contributed by atoms with van der Waals surface area (Å²) in [5, 5.41) is 15.1. The number of carboxylic acid groups (broad SMARTS) is 2. The topological polar surface area (TPSA) is 164 Å². The highest BCUT2D eigenvalue weighted by molar-refractivity contribution is 5.63. The van der Waals surface area contributed by atoms with E-state index in [2.05, 4.69) is 29.0 Å². The molecule has 0 aromatic carbocycles. The SMILES string of the molecule is CC(C)OC(=O)OOC(=O)OC(C)C.O=C(O)OOC(=O)O. The molecule has 22 heavy (non-hydrogen) atoms. The van der Waals surface area contributed by atoms with Gasteiger partial charge < -0.3 is 19.7 Å². The summed E-state index contributed by atoms with van der Waals surface area (Å²) in [7, 11) is 0. The molecule has 128 valence electrons. The first-order valence-electron chi connectivity index (χ1n) is 5.60. The summed E-state index contributed by atoms with van der Waals surface area (Å²) in [6.45, 7) is 6.53. The van der Waals surface area contributed by atoms with Gasteiger partial charge in [0, 0.05) is 0 Å². The second-order valence-electron chi connectivity index (χ2n) is 3.70. The van der Waals surface area contributed by atoms with E-state index in [1.807, 2.05) is 0 Å². The van der Waals surface area contributed by atoms with Crippen LogP contribution in [0.2, 0.25) is 0 Å². The number of hydrogen-bond donors (Lipinski definition) is 2. The Balaban J connectivity index is 0. The van der Waals surface area contributed by atoms with E-state index >= 15 is 0 Å². The van der Waals surface area contributed by atoms with Crippen molar-refractivity contribution in [2.75, 3.05) is 0 Å². The largest absolute Gasteiger partial charge is 0.550 e. The number of rotatable bonds is 2. The monoisotopic (exact) mass is 328 g/mol. The Labute approximate surface area is 124 Å². The van der Waals surface area contributed by atoms with Gasteiger partial charge in [0.15, 0.2) is 0 Å². The average molecular weight is 328 g/mol. The van der Waals surface area contributed by atoms with E-state index in [0.29, 0.717) is 0 Å². The lowest BCUT2D eigenvalue weighted by molar-refractivity contribution is -0.222. The van der Waals surface area contributed by atoms with E-state index in [1.165, 1.54) is 0 Å². The molecule has 2 N–H and O–H groups in total. The zero-order valence-corrected chi connectivity index (χ0v) is 12.1. The summed E-state index contributed by atoms with van der Waals surface area (Å²) in [6, 6.07) is 0. The molecule has 0 amide bonds. The molecule has 0 saturated heterocycles. The van der Waals surface area contributed by atoms with Crippen LogP contribution in [-0.2, 0) is 29.0 Å².